The van der Waals surface area contributed by atoms with Crippen LogP contribution in [0.4, 0.5) is 0 Å². The second-order valence-corrected chi connectivity index (χ2v) is 6.85. The average Bonchev–Trinajstić information content (AvgIpc) is 3.06. The van der Waals surface area contributed by atoms with Crippen LogP contribution in [0.3, 0.4) is 0 Å². The van der Waals surface area contributed by atoms with Crippen LogP contribution in [-0.2, 0) is 4.79 Å². The van der Waals surface area contributed by atoms with Crippen molar-refractivity contribution in [2.24, 2.45) is 5.41 Å². The molecule has 1 fully saturated rings. The summed E-state index contributed by atoms with van der Waals surface area (Å²) in [5.41, 5.74) is 1.53. The number of carbonyl (C=O) groups excluding carboxylic acids is 1. The first-order valence-corrected chi connectivity index (χ1v) is 8.79. The number of likely N-dealkylation sites (tertiary alicyclic amines) is 1. The molecule has 1 aliphatic rings. The van der Waals surface area contributed by atoms with Gasteiger partial charge in [0.05, 0.1) is 12.0 Å². The molecule has 26 heavy (non-hydrogen) atoms. The Labute approximate surface area is 153 Å². The highest BCUT2D eigenvalue weighted by molar-refractivity contribution is 5.96. The Bertz CT molecular complexity index is 832. The molecule has 0 aromatic heterocycles. The molecular weight excluding hydrogens is 330 g/mol. The molecule has 0 bridgehead atoms. The van der Waals surface area contributed by atoms with Gasteiger partial charge in [-0.3, -0.25) is 9.59 Å². The second kappa shape index (κ2) is 7.20. The molecule has 5 nitrogen and oxygen atoms in total. The molecule has 1 saturated heterocycles. The number of hydrogen-bond donors (Lipinski definition) is 1. The number of para-hydroxylation sites is 1. The van der Waals surface area contributed by atoms with Crippen molar-refractivity contribution in [1.82, 2.24) is 4.90 Å². The normalized spacial score (nSPS) is 19.4. The number of carboxylic acid groups (broad SMARTS) is 1. The highest BCUT2D eigenvalue weighted by Crippen LogP contribution is 2.33. The van der Waals surface area contributed by atoms with E-state index >= 15 is 0 Å². The van der Waals surface area contributed by atoms with Gasteiger partial charge < -0.3 is 14.7 Å². The van der Waals surface area contributed by atoms with Gasteiger partial charge in [-0.15, -0.1) is 0 Å². The van der Waals surface area contributed by atoms with E-state index in [9.17, 15) is 14.7 Å². The van der Waals surface area contributed by atoms with E-state index in [1.54, 1.807) is 17.9 Å². The van der Waals surface area contributed by atoms with Gasteiger partial charge in [0.25, 0.3) is 5.91 Å². The Morgan fingerprint density at radius 3 is 2.65 bits per heavy atom. The van der Waals surface area contributed by atoms with E-state index in [2.05, 4.69) is 0 Å². The van der Waals surface area contributed by atoms with Crippen LogP contribution in [0.5, 0.6) is 5.75 Å². The molecule has 5 heteroatoms. The maximum atomic E-state index is 12.9. The second-order valence-electron chi connectivity index (χ2n) is 6.85. The lowest BCUT2D eigenvalue weighted by Gasteiger charge is -2.20. The van der Waals surface area contributed by atoms with Gasteiger partial charge in [-0.25, -0.2) is 0 Å². The van der Waals surface area contributed by atoms with Crippen molar-refractivity contribution in [2.45, 2.75) is 20.3 Å². The quantitative estimate of drug-likeness (QED) is 0.890. The van der Waals surface area contributed by atoms with Crippen LogP contribution in [0, 0.1) is 5.41 Å². The van der Waals surface area contributed by atoms with Crippen molar-refractivity contribution in [3.05, 3.63) is 54.1 Å². The highest BCUT2D eigenvalue weighted by atomic mass is 16.5. The van der Waals surface area contributed by atoms with Crippen molar-refractivity contribution in [3.63, 3.8) is 0 Å². The monoisotopic (exact) mass is 353 g/mol. The number of nitrogens with zero attached hydrogens (tertiary/aromatic N) is 1. The fourth-order valence-electron chi connectivity index (χ4n) is 3.30. The summed E-state index contributed by atoms with van der Waals surface area (Å²) in [6.45, 7) is 4.89. The number of ether oxygens (including phenoxy) is 1. The maximum Gasteiger partial charge on any atom is 0.311 e. The molecule has 1 amide bonds. The topological polar surface area (TPSA) is 66.8 Å². The zero-order valence-electron chi connectivity index (χ0n) is 15.1. The molecule has 0 aliphatic carbocycles. The molecule has 1 aliphatic heterocycles. The third kappa shape index (κ3) is 3.43. The van der Waals surface area contributed by atoms with E-state index in [1.807, 2.05) is 49.4 Å². The van der Waals surface area contributed by atoms with Gasteiger partial charge in [0.15, 0.2) is 0 Å². The van der Waals surface area contributed by atoms with Crippen molar-refractivity contribution in [2.75, 3.05) is 19.7 Å². The predicted molar refractivity (Wildman–Crippen MR) is 99.3 cm³/mol. The fraction of sp³-hybridized carbons (Fsp3) is 0.333. The predicted octanol–water partition coefficient (Wildman–Crippen LogP) is 3.69. The molecule has 2 aromatic rings. The number of amides is 1. The lowest BCUT2D eigenvalue weighted by molar-refractivity contribution is -0.147. The minimum Gasteiger partial charge on any atom is -0.493 e. The zero-order chi connectivity index (χ0) is 18.7. The summed E-state index contributed by atoms with van der Waals surface area (Å²) in [6, 6.07) is 15.1. The van der Waals surface area contributed by atoms with E-state index in [-0.39, 0.29) is 12.5 Å². The Hall–Kier alpha value is -2.82. The third-order valence-corrected chi connectivity index (χ3v) is 4.88. The molecule has 0 saturated carbocycles. The zero-order valence-corrected chi connectivity index (χ0v) is 15.1. The van der Waals surface area contributed by atoms with Gasteiger partial charge in [-0.1, -0.05) is 30.3 Å². The largest absolute Gasteiger partial charge is 0.493 e. The minimum atomic E-state index is -0.866. The van der Waals surface area contributed by atoms with Crippen molar-refractivity contribution in [1.29, 1.82) is 0 Å². The van der Waals surface area contributed by atoms with Crippen LogP contribution in [-0.4, -0.2) is 41.6 Å². The lowest BCUT2D eigenvalue weighted by atomic mass is 9.90. The van der Waals surface area contributed by atoms with Gasteiger partial charge in [-0.05, 0) is 44.0 Å². The molecule has 0 spiro atoms. The molecule has 3 rings (SSSR count). The average molecular weight is 353 g/mol. The Balaban J connectivity index is 1.87. The summed E-state index contributed by atoms with van der Waals surface area (Å²) in [7, 11) is 0. The number of aliphatic carboxylic acids is 1. The highest BCUT2D eigenvalue weighted by Gasteiger charge is 2.42. The molecule has 1 unspecified atom stereocenters. The molecule has 1 atom stereocenters. The number of carboxylic acids is 1. The van der Waals surface area contributed by atoms with E-state index in [0.717, 1.165) is 16.9 Å². The molecule has 0 radical (unpaired) electrons. The van der Waals surface area contributed by atoms with Gasteiger partial charge in [0.2, 0.25) is 0 Å². The Kier molecular flexibility index (Phi) is 4.98. The van der Waals surface area contributed by atoms with E-state index < -0.39 is 11.4 Å². The summed E-state index contributed by atoms with van der Waals surface area (Å²) in [4.78, 5) is 25.9. The van der Waals surface area contributed by atoms with E-state index in [4.69, 9.17) is 4.74 Å². The van der Waals surface area contributed by atoms with Crippen molar-refractivity contribution in [3.8, 4) is 16.9 Å². The molecular formula is C21H23NO4. The Morgan fingerprint density at radius 2 is 1.96 bits per heavy atom. The lowest BCUT2D eigenvalue weighted by Crippen LogP contribution is -2.34. The number of hydrogen-bond acceptors (Lipinski definition) is 3. The van der Waals surface area contributed by atoms with Crippen LogP contribution in [0.15, 0.2) is 48.5 Å². The van der Waals surface area contributed by atoms with Crippen LogP contribution in [0.2, 0.25) is 0 Å². The molecule has 1 heterocycles. The fourth-order valence-corrected chi connectivity index (χ4v) is 3.30. The van der Waals surface area contributed by atoms with Crippen LogP contribution >= 0.6 is 0 Å². The molecule has 1 N–H and O–H groups in total. The van der Waals surface area contributed by atoms with Crippen LogP contribution in [0.25, 0.3) is 11.1 Å². The summed E-state index contributed by atoms with van der Waals surface area (Å²) in [5.74, 6) is -0.211. The number of benzene rings is 2. The summed E-state index contributed by atoms with van der Waals surface area (Å²) in [5, 5.41) is 9.36. The van der Waals surface area contributed by atoms with Gasteiger partial charge in [0, 0.05) is 24.2 Å². The van der Waals surface area contributed by atoms with E-state index in [1.165, 1.54) is 0 Å². The maximum absolute atomic E-state index is 12.9. The first-order chi connectivity index (χ1) is 12.4. The van der Waals surface area contributed by atoms with Crippen molar-refractivity contribution >= 4 is 11.9 Å². The summed E-state index contributed by atoms with van der Waals surface area (Å²) < 4.78 is 5.68. The van der Waals surface area contributed by atoms with Crippen molar-refractivity contribution < 1.29 is 19.4 Å². The number of rotatable bonds is 5. The standard InChI is InChI=1S/C21H23NO4/c1-3-26-18-10-5-4-9-17(18)15-7-6-8-16(13-15)19(23)22-12-11-21(2,14-22)20(24)25/h4-10,13H,3,11-12,14H2,1-2H3,(H,24,25). The minimum absolute atomic E-state index is 0.134. The third-order valence-electron chi connectivity index (χ3n) is 4.88. The first-order valence-electron chi connectivity index (χ1n) is 8.79. The first kappa shape index (κ1) is 18.0. The Morgan fingerprint density at radius 1 is 1.19 bits per heavy atom. The van der Waals surface area contributed by atoms with Crippen LogP contribution in [0.1, 0.15) is 30.6 Å². The SMILES string of the molecule is CCOc1ccccc1-c1cccc(C(=O)N2CCC(C)(C(=O)O)C2)c1. The van der Waals surface area contributed by atoms with E-state index in [0.29, 0.717) is 25.1 Å². The van der Waals surface area contributed by atoms with Gasteiger partial charge >= 0.3 is 5.97 Å². The van der Waals surface area contributed by atoms with Gasteiger partial charge in [0.1, 0.15) is 5.75 Å². The van der Waals surface area contributed by atoms with Gasteiger partial charge in [-0.2, -0.15) is 0 Å². The summed E-state index contributed by atoms with van der Waals surface area (Å²) >= 11 is 0. The number of carbonyl (C=O) groups is 2. The smallest absolute Gasteiger partial charge is 0.311 e. The van der Waals surface area contributed by atoms with Crippen LogP contribution < -0.4 is 4.74 Å². The molecule has 136 valence electrons. The molecule has 2 aromatic carbocycles. The summed E-state index contributed by atoms with van der Waals surface area (Å²) in [6.07, 6.45) is 0.473.